The number of methoxy groups -OCH3 is 1. The van der Waals surface area contributed by atoms with Gasteiger partial charge in [0, 0.05) is 56.1 Å². The van der Waals surface area contributed by atoms with E-state index in [0.717, 1.165) is 22.0 Å². The summed E-state index contributed by atoms with van der Waals surface area (Å²) in [6.45, 7) is 4.50. The van der Waals surface area contributed by atoms with Crippen molar-refractivity contribution >= 4 is 33.9 Å². The molecule has 0 spiro atoms. The molecule has 0 saturated heterocycles. The average molecular weight is 472 g/mol. The lowest BCUT2D eigenvalue weighted by molar-refractivity contribution is -0.384. The second kappa shape index (κ2) is 9.30. The highest BCUT2D eigenvalue weighted by Crippen LogP contribution is 2.39. The molecule has 2 aromatic carbocycles. The predicted octanol–water partition coefficient (Wildman–Crippen LogP) is 4.93. The Balaban J connectivity index is 1.77. The maximum absolute atomic E-state index is 11.7. The number of fused-ring (bicyclic) bond motifs is 1. The lowest BCUT2D eigenvalue weighted by Crippen LogP contribution is -2.17. The minimum absolute atomic E-state index is 0.0579. The maximum atomic E-state index is 11.7. The summed E-state index contributed by atoms with van der Waals surface area (Å²) in [4.78, 5) is 22.0. The van der Waals surface area contributed by atoms with Crippen LogP contribution in [0.3, 0.4) is 0 Å². The van der Waals surface area contributed by atoms with Crippen LogP contribution >= 0.6 is 0 Å². The van der Waals surface area contributed by atoms with Gasteiger partial charge in [0.15, 0.2) is 0 Å². The summed E-state index contributed by atoms with van der Waals surface area (Å²) in [7, 11) is 5.20. The van der Waals surface area contributed by atoms with E-state index in [1.54, 1.807) is 36.3 Å². The zero-order valence-electron chi connectivity index (χ0n) is 20.2. The molecule has 0 amide bonds. The summed E-state index contributed by atoms with van der Waals surface area (Å²) >= 11 is 0. The maximum Gasteiger partial charge on any atom is 0.294 e. The Bertz CT molecular complexity index is 1490. The van der Waals surface area contributed by atoms with Crippen molar-refractivity contribution in [2.24, 2.45) is 7.05 Å². The van der Waals surface area contributed by atoms with Crippen molar-refractivity contribution in [1.82, 2.24) is 14.5 Å². The van der Waals surface area contributed by atoms with Crippen LogP contribution in [-0.4, -0.2) is 40.2 Å². The first-order chi connectivity index (χ1) is 16.8. The number of nitro groups is 1. The zero-order valence-corrected chi connectivity index (χ0v) is 20.2. The Morgan fingerprint density at radius 3 is 2.74 bits per heavy atom. The topological polar surface area (TPSA) is 122 Å². The van der Waals surface area contributed by atoms with E-state index in [1.807, 2.05) is 37.7 Å². The first-order valence-corrected chi connectivity index (χ1v) is 10.9. The predicted molar refractivity (Wildman–Crippen MR) is 135 cm³/mol. The van der Waals surface area contributed by atoms with Crippen LogP contribution in [0.4, 0.5) is 23.0 Å². The van der Waals surface area contributed by atoms with Gasteiger partial charge in [-0.1, -0.05) is 0 Å². The minimum Gasteiger partial charge on any atom is -0.494 e. The fourth-order valence-corrected chi connectivity index (χ4v) is 4.12. The molecule has 0 aliphatic carbocycles. The van der Waals surface area contributed by atoms with E-state index in [9.17, 15) is 15.4 Å². The van der Waals surface area contributed by atoms with Gasteiger partial charge in [-0.05, 0) is 37.6 Å². The van der Waals surface area contributed by atoms with E-state index in [0.29, 0.717) is 34.9 Å². The molecule has 10 nitrogen and oxygen atoms in total. The molecule has 0 unspecified atom stereocenters. The Morgan fingerprint density at radius 1 is 1.31 bits per heavy atom. The molecule has 0 bridgehead atoms. The molecule has 4 rings (SSSR count). The third kappa shape index (κ3) is 4.31. The minimum atomic E-state index is -0.426. The van der Waals surface area contributed by atoms with Crippen molar-refractivity contribution in [2.45, 2.75) is 13.8 Å². The molecule has 2 heterocycles. The number of hydrogen-bond donors (Lipinski definition) is 1. The Hall–Kier alpha value is -4.65. The van der Waals surface area contributed by atoms with Crippen molar-refractivity contribution in [2.75, 3.05) is 30.9 Å². The number of anilines is 3. The second-order valence-electron chi connectivity index (χ2n) is 8.16. The highest BCUT2D eigenvalue weighted by atomic mass is 16.6. The molecule has 0 radical (unpaired) electrons. The number of aromatic nitrogens is 3. The summed E-state index contributed by atoms with van der Waals surface area (Å²) in [6.07, 6.45) is 3.58. The highest BCUT2D eigenvalue weighted by molar-refractivity contribution is 5.92. The molecule has 0 aliphatic rings. The van der Waals surface area contributed by atoms with Gasteiger partial charge in [0.05, 0.1) is 34.5 Å². The zero-order chi connectivity index (χ0) is 25.3. The number of aryl methyl sites for hydroxylation is 2. The van der Waals surface area contributed by atoms with Crippen molar-refractivity contribution < 1.29 is 9.66 Å². The summed E-state index contributed by atoms with van der Waals surface area (Å²) in [5.74, 6) is 0.670. The largest absolute Gasteiger partial charge is 0.494 e. The molecule has 2 aromatic heterocycles. The smallest absolute Gasteiger partial charge is 0.294 e. The van der Waals surface area contributed by atoms with Crippen LogP contribution in [0.1, 0.15) is 18.1 Å². The van der Waals surface area contributed by atoms with Gasteiger partial charge in [-0.15, -0.1) is 0 Å². The van der Waals surface area contributed by atoms with Gasteiger partial charge < -0.3 is 19.5 Å². The van der Waals surface area contributed by atoms with E-state index in [2.05, 4.69) is 21.4 Å². The standard InChI is InChI=1S/C25H25N7O3/c1-6-30(3)21-12-23(35-5)20(11-22(21)32(33)34)29-25-27-8-7-19(28-25)16-9-17(13-26)24-18(10-16)15(2)14-31(24)4/h7-12,14H,6H2,1-5H3,(H,27,28,29). The van der Waals surface area contributed by atoms with Crippen LogP contribution in [0.25, 0.3) is 22.2 Å². The molecular weight excluding hydrogens is 446 g/mol. The normalized spacial score (nSPS) is 10.7. The monoisotopic (exact) mass is 471 g/mol. The van der Waals surface area contributed by atoms with Crippen LogP contribution in [0.5, 0.6) is 5.75 Å². The Labute approximate surface area is 202 Å². The summed E-state index contributed by atoms with van der Waals surface area (Å²) in [5, 5.41) is 25.5. The van der Waals surface area contributed by atoms with Gasteiger partial charge in [-0.25, -0.2) is 9.97 Å². The van der Waals surface area contributed by atoms with Crippen LogP contribution < -0.4 is 15.0 Å². The fourth-order valence-electron chi connectivity index (χ4n) is 4.12. The number of ether oxygens (including phenoxy) is 1. The van der Waals surface area contributed by atoms with E-state index in [1.165, 1.54) is 13.2 Å². The van der Waals surface area contributed by atoms with Crippen LogP contribution in [-0.2, 0) is 7.05 Å². The van der Waals surface area contributed by atoms with Gasteiger partial charge in [0.2, 0.25) is 5.95 Å². The molecule has 4 aromatic rings. The number of hydrogen-bond acceptors (Lipinski definition) is 8. The van der Waals surface area contributed by atoms with E-state index >= 15 is 0 Å². The van der Waals surface area contributed by atoms with Crippen molar-refractivity contribution in [3.05, 3.63) is 64.0 Å². The summed E-state index contributed by atoms with van der Waals surface area (Å²) < 4.78 is 7.43. The number of nitro benzene ring substituents is 1. The van der Waals surface area contributed by atoms with Gasteiger partial charge in [0.25, 0.3) is 5.69 Å². The number of benzene rings is 2. The molecule has 178 valence electrons. The molecular formula is C25H25N7O3. The Kier molecular flexibility index (Phi) is 6.25. The first kappa shape index (κ1) is 23.5. The van der Waals surface area contributed by atoms with Gasteiger partial charge in [0.1, 0.15) is 17.5 Å². The van der Waals surface area contributed by atoms with Crippen molar-refractivity contribution in [3.8, 4) is 23.1 Å². The van der Waals surface area contributed by atoms with E-state index in [-0.39, 0.29) is 11.6 Å². The van der Waals surface area contributed by atoms with Crippen LogP contribution in [0.15, 0.2) is 42.7 Å². The number of nitrogens with one attached hydrogen (secondary N) is 1. The first-order valence-electron chi connectivity index (χ1n) is 10.9. The van der Waals surface area contributed by atoms with Gasteiger partial charge in [-0.2, -0.15) is 5.26 Å². The van der Waals surface area contributed by atoms with Crippen molar-refractivity contribution in [1.29, 1.82) is 5.26 Å². The third-order valence-electron chi connectivity index (χ3n) is 5.97. The molecule has 1 N–H and O–H groups in total. The number of rotatable bonds is 7. The van der Waals surface area contributed by atoms with E-state index in [4.69, 9.17) is 4.74 Å². The summed E-state index contributed by atoms with van der Waals surface area (Å²) in [5.41, 5.74) is 4.62. The SMILES string of the molecule is CCN(C)c1cc(OC)c(Nc2nccc(-c3cc(C#N)c4c(c3)c(C)cn4C)n2)cc1[N+](=O)[O-]. The van der Waals surface area contributed by atoms with Crippen LogP contribution in [0.2, 0.25) is 0 Å². The highest BCUT2D eigenvalue weighted by Gasteiger charge is 2.22. The lowest BCUT2D eigenvalue weighted by Gasteiger charge is -2.19. The van der Waals surface area contributed by atoms with Gasteiger partial charge >= 0.3 is 0 Å². The second-order valence-corrected chi connectivity index (χ2v) is 8.16. The van der Waals surface area contributed by atoms with Gasteiger partial charge in [-0.3, -0.25) is 10.1 Å². The molecule has 10 heteroatoms. The fraction of sp³-hybridized carbons (Fsp3) is 0.240. The molecule has 0 aliphatic heterocycles. The average Bonchev–Trinajstić information content (AvgIpc) is 3.15. The third-order valence-corrected chi connectivity index (χ3v) is 5.97. The molecule has 0 fully saturated rings. The molecule has 0 saturated carbocycles. The van der Waals surface area contributed by atoms with Crippen LogP contribution in [0, 0.1) is 28.4 Å². The van der Waals surface area contributed by atoms with Crippen molar-refractivity contribution in [3.63, 3.8) is 0 Å². The lowest BCUT2D eigenvalue weighted by atomic mass is 10.0. The molecule has 35 heavy (non-hydrogen) atoms. The number of nitrogens with zero attached hydrogens (tertiary/aromatic N) is 6. The Morgan fingerprint density at radius 2 is 2.09 bits per heavy atom. The number of nitriles is 1. The van der Waals surface area contributed by atoms with E-state index < -0.39 is 4.92 Å². The molecule has 0 atom stereocenters. The summed E-state index contributed by atoms with van der Waals surface area (Å²) in [6, 6.07) is 10.9. The quantitative estimate of drug-likeness (QED) is 0.297.